The Kier molecular flexibility index (Phi) is 4.66. The van der Waals surface area contributed by atoms with Crippen LogP contribution in [0.15, 0.2) is 29.8 Å². The van der Waals surface area contributed by atoms with Gasteiger partial charge in [-0.3, -0.25) is 0 Å². The first-order valence-electron chi connectivity index (χ1n) is 4.81. The maximum Gasteiger partial charge on any atom is 0.125 e. The molecular weight excluding hydrogens is 212 g/mol. The van der Waals surface area contributed by atoms with Gasteiger partial charge in [-0.2, -0.15) is 0 Å². The van der Waals surface area contributed by atoms with Crippen molar-refractivity contribution in [2.45, 2.75) is 20.0 Å². The highest BCUT2D eigenvalue weighted by Crippen LogP contribution is 2.26. The van der Waals surface area contributed by atoms with Gasteiger partial charge >= 0.3 is 0 Å². The average molecular weight is 227 g/mol. The monoisotopic (exact) mass is 226 g/mol. The Morgan fingerprint density at radius 2 is 2.27 bits per heavy atom. The van der Waals surface area contributed by atoms with E-state index in [-0.39, 0.29) is 0 Å². The fraction of sp³-hybridized carbons (Fsp3) is 0.333. The summed E-state index contributed by atoms with van der Waals surface area (Å²) in [5.74, 6) is 0.708. The fourth-order valence-corrected chi connectivity index (χ4v) is 1.36. The normalized spacial score (nSPS) is 13.1. The first kappa shape index (κ1) is 12.1. The quantitative estimate of drug-likeness (QED) is 0.855. The van der Waals surface area contributed by atoms with Crippen molar-refractivity contribution < 1.29 is 9.84 Å². The summed E-state index contributed by atoms with van der Waals surface area (Å²) in [5.41, 5.74) is 3.31. The summed E-state index contributed by atoms with van der Waals surface area (Å²) in [7, 11) is 0. The minimum Gasteiger partial charge on any atom is -0.489 e. The molecule has 0 heterocycles. The molecule has 1 aromatic carbocycles. The molecule has 0 amide bonds. The first-order chi connectivity index (χ1) is 7.15. The van der Waals surface area contributed by atoms with Crippen molar-refractivity contribution in [1.29, 1.82) is 0 Å². The first-order valence-corrected chi connectivity index (χ1v) is 5.25. The third-order valence-corrected chi connectivity index (χ3v) is 2.22. The van der Waals surface area contributed by atoms with Crippen LogP contribution in [0.2, 0.25) is 0 Å². The number of hydrogen-bond acceptors (Lipinski definition) is 2. The summed E-state index contributed by atoms with van der Waals surface area (Å²) < 4.78 is 5.49. The molecule has 1 rings (SSSR count). The minimum atomic E-state index is -0.527. The molecule has 0 aliphatic rings. The van der Waals surface area contributed by atoms with Crippen LogP contribution in [0.3, 0.4) is 0 Å². The van der Waals surface area contributed by atoms with E-state index in [0.29, 0.717) is 12.4 Å². The third kappa shape index (κ3) is 3.57. The Bertz CT molecular complexity index is 345. The van der Waals surface area contributed by atoms with Crippen LogP contribution in [0.5, 0.6) is 5.75 Å². The van der Waals surface area contributed by atoms with Crippen LogP contribution in [0, 0.1) is 6.92 Å². The SMILES string of the molecule is Cc1ccc(C(C)O)c(OCC=CCl)c1. The molecule has 0 radical (unpaired) electrons. The lowest BCUT2D eigenvalue weighted by Gasteiger charge is -2.12. The van der Waals surface area contributed by atoms with E-state index in [9.17, 15) is 5.11 Å². The highest BCUT2D eigenvalue weighted by atomic mass is 35.5. The summed E-state index contributed by atoms with van der Waals surface area (Å²) in [4.78, 5) is 0. The summed E-state index contributed by atoms with van der Waals surface area (Å²) in [6.07, 6.45) is 1.18. The predicted molar refractivity (Wildman–Crippen MR) is 62.3 cm³/mol. The number of rotatable bonds is 4. The summed E-state index contributed by atoms with van der Waals surface area (Å²) in [6, 6.07) is 5.73. The van der Waals surface area contributed by atoms with Crippen molar-refractivity contribution in [3.05, 3.63) is 40.9 Å². The van der Waals surface area contributed by atoms with Crippen LogP contribution in [-0.4, -0.2) is 11.7 Å². The van der Waals surface area contributed by atoms with Gasteiger partial charge in [-0.05, 0) is 31.6 Å². The van der Waals surface area contributed by atoms with Gasteiger partial charge in [0.05, 0.1) is 6.10 Å². The maximum absolute atomic E-state index is 9.53. The summed E-state index contributed by atoms with van der Waals surface area (Å²) in [5, 5.41) is 9.53. The Balaban J connectivity index is 2.86. The topological polar surface area (TPSA) is 29.5 Å². The molecule has 0 aliphatic heterocycles. The zero-order valence-corrected chi connectivity index (χ0v) is 9.66. The van der Waals surface area contributed by atoms with E-state index in [1.165, 1.54) is 5.54 Å². The molecule has 0 spiro atoms. The molecule has 2 nitrogen and oxygen atoms in total. The zero-order valence-electron chi connectivity index (χ0n) is 8.90. The van der Waals surface area contributed by atoms with Gasteiger partial charge in [0, 0.05) is 11.1 Å². The van der Waals surface area contributed by atoms with E-state index in [2.05, 4.69) is 0 Å². The number of ether oxygens (including phenoxy) is 1. The van der Waals surface area contributed by atoms with Gasteiger partial charge in [0.25, 0.3) is 0 Å². The van der Waals surface area contributed by atoms with E-state index >= 15 is 0 Å². The molecule has 1 unspecified atom stereocenters. The second-order valence-corrected chi connectivity index (χ2v) is 3.64. The highest BCUT2D eigenvalue weighted by Gasteiger charge is 2.08. The minimum absolute atomic E-state index is 0.409. The average Bonchev–Trinajstić information content (AvgIpc) is 2.18. The van der Waals surface area contributed by atoms with Crippen molar-refractivity contribution in [3.8, 4) is 5.75 Å². The van der Waals surface area contributed by atoms with E-state index in [4.69, 9.17) is 16.3 Å². The van der Waals surface area contributed by atoms with Gasteiger partial charge in [-0.25, -0.2) is 0 Å². The lowest BCUT2D eigenvalue weighted by atomic mass is 10.1. The van der Waals surface area contributed by atoms with Crippen LogP contribution in [0.4, 0.5) is 0 Å². The lowest BCUT2D eigenvalue weighted by molar-refractivity contribution is 0.193. The Morgan fingerprint density at radius 1 is 1.53 bits per heavy atom. The molecule has 3 heteroatoms. The molecule has 0 bridgehead atoms. The Labute approximate surface area is 95.1 Å². The van der Waals surface area contributed by atoms with Crippen LogP contribution >= 0.6 is 11.6 Å². The van der Waals surface area contributed by atoms with Gasteiger partial charge < -0.3 is 9.84 Å². The van der Waals surface area contributed by atoms with E-state index in [0.717, 1.165) is 11.1 Å². The highest BCUT2D eigenvalue weighted by molar-refractivity contribution is 6.25. The van der Waals surface area contributed by atoms with Crippen molar-refractivity contribution in [2.75, 3.05) is 6.61 Å². The molecule has 15 heavy (non-hydrogen) atoms. The summed E-state index contributed by atoms with van der Waals surface area (Å²) in [6.45, 7) is 4.11. The van der Waals surface area contributed by atoms with Crippen LogP contribution in [0.25, 0.3) is 0 Å². The summed E-state index contributed by atoms with van der Waals surface area (Å²) >= 11 is 5.39. The molecule has 1 N–H and O–H groups in total. The fourth-order valence-electron chi connectivity index (χ4n) is 1.29. The van der Waals surface area contributed by atoms with Gasteiger partial charge in [0.1, 0.15) is 12.4 Å². The molecule has 0 aliphatic carbocycles. The maximum atomic E-state index is 9.53. The van der Waals surface area contributed by atoms with Crippen molar-refractivity contribution in [3.63, 3.8) is 0 Å². The van der Waals surface area contributed by atoms with Crippen molar-refractivity contribution in [2.24, 2.45) is 0 Å². The van der Waals surface area contributed by atoms with Crippen molar-refractivity contribution >= 4 is 11.6 Å². The van der Waals surface area contributed by atoms with Crippen LogP contribution < -0.4 is 4.74 Å². The van der Waals surface area contributed by atoms with Crippen LogP contribution in [0.1, 0.15) is 24.2 Å². The Hall–Kier alpha value is -0.990. The largest absolute Gasteiger partial charge is 0.489 e. The number of halogens is 1. The number of benzene rings is 1. The van der Waals surface area contributed by atoms with Crippen LogP contribution in [-0.2, 0) is 0 Å². The second kappa shape index (κ2) is 5.79. The molecule has 1 aromatic rings. The zero-order chi connectivity index (χ0) is 11.3. The number of hydrogen-bond donors (Lipinski definition) is 1. The standard InChI is InChI=1S/C12H15ClO2/c1-9-4-5-11(10(2)14)12(8-9)15-7-3-6-13/h3-6,8,10,14H,7H2,1-2H3. The van der Waals surface area contributed by atoms with Gasteiger partial charge in [-0.1, -0.05) is 23.7 Å². The molecule has 0 saturated heterocycles. The van der Waals surface area contributed by atoms with Gasteiger partial charge in [0.2, 0.25) is 0 Å². The molecule has 82 valence electrons. The van der Waals surface area contributed by atoms with E-state index < -0.39 is 6.10 Å². The smallest absolute Gasteiger partial charge is 0.125 e. The third-order valence-electron chi connectivity index (χ3n) is 2.04. The number of aliphatic hydroxyl groups is 1. The van der Waals surface area contributed by atoms with E-state index in [1.54, 1.807) is 13.0 Å². The molecule has 0 saturated carbocycles. The van der Waals surface area contributed by atoms with E-state index in [1.807, 2.05) is 25.1 Å². The molecule has 0 fully saturated rings. The van der Waals surface area contributed by atoms with Gasteiger partial charge in [0.15, 0.2) is 0 Å². The Morgan fingerprint density at radius 3 is 2.87 bits per heavy atom. The molecule has 0 aromatic heterocycles. The number of aliphatic hydroxyl groups excluding tert-OH is 1. The molecular formula is C12H15ClO2. The number of aryl methyl sites for hydroxylation is 1. The second-order valence-electron chi connectivity index (χ2n) is 3.39. The lowest BCUT2D eigenvalue weighted by Crippen LogP contribution is -2.00. The van der Waals surface area contributed by atoms with Crippen molar-refractivity contribution in [1.82, 2.24) is 0 Å². The predicted octanol–water partition coefficient (Wildman–Crippen LogP) is 3.18. The molecule has 1 atom stereocenters. The van der Waals surface area contributed by atoms with Gasteiger partial charge in [-0.15, -0.1) is 0 Å².